The van der Waals surface area contributed by atoms with Gasteiger partial charge in [0.15, 0.2) is 5.96 Å². The molecule has 0 spiro atoms. The Balaban J connectivity index is 3.24. The molecule has 0 unspecified atom stereocenters. The van der Waals surface area contributed by atoms with Crippen molar-refractivity contribution in [2.24, 2.45) is 4.99 Å². The van der Waals surface area contributed by atoms with Gasteiger partial charge in [0.1, 0.15) is 0 Å². The maximum absolute atomic E-state index is 4.70. The fourth-order valence-electron chi connectivity index (χ4n) is 3.70. The Morgan fingerprint density at radius 1 is 0.481 bits per heavy atom. The molecule has 0 N–H and O–H groups in total. The summed E-state index contributed by atoms with van der Waals surface area (Å²) in [6.45, 7) is 3.26. The summed E-state index contributed by atoms with van der Waals surface area (Å²) in [6, 6.07) is 0. The first-order valence-corrected chi connectivity index (χ1v) is 12.0. The van der Waals surface area contributed by atoms with Crippen LogP contribution >= 0.6 is 0 Å². The van der Waals surface area contributed by atoms with Gasteiger partial charge >= 0.3 is 0 Å². The van der Waals surface area contributed by atoms with Crippen molar-refractivity contribution in [2.75, 3.05) is 34.7 Å². The Morgan fingerprint density at radius 3 is 1.07 bits per heavy atom. The molecule has 0 aromatic rings. The number of nitrogens with zero attached hydrogens (tertiary/aromatic N) is 3. The first-order chi connectivity index (χ1) is 13.1. The van der Waals surface area contributed by atoms with E-state index in [9.17, 15) is 0 Å². The van der Waals surface area contributed by atoms with E-state index in [1.165, 1.54) is 109 Å². The fraction of sp³-hybridized carbons (Fsp3) is 0.958. The molecule has 0 atom stereocenters. The van der Waals surface area contributed by atoms with Gasteiger partial charge in [0.2, 0.25) is 0 Å². The number of hydrogen-bond donors (Lipinski definition) is 0. The minimum Gasteiger partial charge on any atom is -0.349 e. The summed E-state index contributed by atoms with van der Waals surface area (Å²) in [4.78, 5) is 8.88. The lowest BCUT2D eigenvalue weighted by Crippen LogP contribution is -2.35. The van der Waals surface area contributed by atoms with Crippen molar-refractivity contribution >= 4 is 5.96 Å². The van der Waals surface area contributed by atoms with E-state index in [-0.39, 0.29) is 0 Å². The topological polar surface area (TPSA) is 18.8 Å². The van der Waals surface area contributed by atoms with Gasteiger partial charge in [-0.05, 0) is 6.42 Å². The third-order valence-electron chi connectivity index (χ3n) is 5.31. The van der Waals surface area contributed by atoms with Crippen molar-refractivity contribution in [3.63, 3.8) is 0 Å². The summed E-state index contributed by atoms with van der Waals surface area (Å²) < 4.78 is 0. The van der Waals surface area contributed by atoms with Crippen molar-refractivity contribution in [3.8, 4) is 0 Å². The molecule has 0 aromatic heterocycles. The number of hydrogen-bond acceptors (Lipinski definition) is 1. The number of aliphatic imine (C=N–C) groups is 1. The maximum atomic E-state index is 4.70. The highest BCUT2D eigenvalue weighted by atomic mass is 15.3. The lowest BCUT2D eigenvalue weighted by molar-refractivity contribution is 0.477. The highest BCUT2D eigenvalue weighted by Crippen LogP contribution is 2.14. The number of guanidine groups is 1. The normalized spacial score (nSPS) is 10.9. The van der Waals surface area contributed by atoms with Gasteiger partial charge in [-0.3, -0.25) is 4.99 Å². The summed E-state index contributed by atoms with van der Waals surface area (Å²) >= 11 is 0. The summed E-state index contributed by atoms with van der Waals surface area (Å²) in [5.74, 6) is 1.08. The van der Waals surface area contributed by atoms with Gasteiger partial charge in [0, 0.05) is 34.7 Å². The van der Waals surface area contributed by atoms with Crippen molar-refractivity contribution in [1.82, 2.24) is 9.80 Å². The van der Waals surface area contributed by atoms with Gasteiger partial charge in [0.25, 0.3) is 0 Å². The van der Waals surface area contributed by atoms with Crippen LogP contribution in [0.15, 0.2) is 4.99 Å². The zero-order valence-corrected chi connectivity index (χ0v) is 19.6. The molecular weight excluding hydrogens is 330 g/mol. The second-order valence-electron chi connectivity index (χ2n) is 8.63. The van der Waals surface area contributed by atoms with Crippen molar-refractivity contribution in [1.29, 1.82) is 0 Å². The first-order valence-electron chi connectivity index (χ1n) is 12.0. The smallest absolute Gasteiger partial charge is 0.195 e. The monoisotopic (exact) mass is 381 g/mol. The Bertz CT molecular complexity index is 314. The predicted octanol–water partition coefficient (Wildman–Crippen LogP) is 7.12. The van der Waals surface area contributed by atoms with E-state index in [0.29, 0.717) is 0 Å². The number of rotatable bonds is 18. The Labute approximate surface area is 172 Å². The molecule has 27 heavy (non-hydrogen) atoms. The Hall–Kier alpha value is -0.730. The third-order valence-corrected chi connectivity index (χ3v) is 5.31. The van der Waals surface area contributed by atoms with Crippen LogP contribution in [-0.4, -0.2) is 50.5 Å². The standard InChI is InChI=1S/C24H51N3/c1-6-7-8-9-10-11-12-13-14-15-16-17-18-19-20-21-22-23-25-24(26(2)3)27(4)5/h6-23H2,1-5H3. The van der Waals surface area contributed by atoms with Crippen LogP contribution in [0, 0.1) is 0 Å². The number of unbranched alkanes of at least 4 members (excludes halogenated alkanes) is 16. The SMILES string of the molecule is CCCCCCCCCCCCCCCCCCCN=C(N(C)C)N(C)C. The molecule has 0 saturated heterocycles. The molecule has 0 heterocycles. The van der Waals surface area contributed by atoms with Crippen LogP contribution in [0.5, 0.6) is 0 Å². The third kappa shape index (κ3) is 18.4. The molecule has 0 aliphatic rings. The summed E-state index contributed by atoms with van der Waals surface area (Å²) in [5.41, 5.74) is 0. The van der Waals surface area contributed by atoms with Crippen LogP contribution in [0.4, 0.5) is 0 Å². The largest absolute Gasteiger partial charge is 0.349 e. The quantitative estimate of drug-likeness (QED) is 0.143. The lowest BCUT2D eigenvalue weighted by atomic mass is 10.0. The lowest BCUT2D eigenvalue weighted by Gasteiger charge is -2.22. The van der Waals surface area contributed by atoms with E-state index in [1.54, 1.807) is 0 Å². The van der Waals surface area contributed by atoms with Crippen molar-refractivity contribution < 1.29 is 0 Å². The average molecular weight is 382 g/mol. The minimum absolute atomic E-state index is 0.963. The molecule has 0 radical (unpaired) electrons. The molecule has 0 saturated carbocycles. The zero-order chi connectivity index (χ0) is 20.2. The molecule has 3 heteroatoms. The van der Waals surface area contributed by atoms with Gasteiger partial charge < -0.3 is 9.80 Å². The Morgan fingerprint density at radius 2 is 0.778 bits per heavy atom. The van der Waals surface area contributed by atoms with Gasteiger partial charge in [-0.2, -0.15) is 0 Å². The maximum Gasteiger partial charge on any atom is 0.195 e. The van der Waals surface area contributed by atoms with E-state index >= 15 is 0 Å². The van der Waals surface area contributed by atoms with Crippen LogP contribution in [-0.2, 0) is 0 Å². The van der Waals surface area contributed by atoms with Crippen molar-refractivity contribution in [2.45, 2.75) is 116 Å². The predicted molar refractivity (Wildman–Crippen MR) is 124 cm³/mol. The summed E-state index contributed by atoms with van der Waals surface area (Å²) in [7, 11) is 8.25. The highest BCUT2D eigenvalue weighted by Gasteiger charge is 2.02. The summed E-state index contributed by atoms with van der Waals surface area (Å²) in [5, 5.41) is 0. The average Bonchev–Trinajstić information content (AvgIpc) is 2.63. The second-order valence-corrected chi connectivity index (χ2v) is 8.63. The highest BCUT2D eigenvalue weighted by molar-refractivity contribution is 5.79. The summed E-state index contributed by atoms with van der Waals surface area (Å²) in [6.07, 6.45) is 24.2. The molecule has 0 rings (SSSR count). The molecule has 0 bridgehead atoms. The van der Waals surface area contributed by atoms with E-state index in [0.717, 1.165) is 12.5 Å². The van der Waals surface area contributed by atoms with E-state index in [2.05, 4.69) is 44.9 Å². The molecule has 0 fully saturated rings. The zero-order valence-electron chi connectivity index (χ0n) is 19.6. The van der Waals surface area contributed by atoms with E-state index in [4.69, 9.17) is 4.99 Å². The van der Waals surface area contributed by atoms with Crippen LogP contribution in [0.1, 0.15) is 116 Å². The second kappa shape index (κ2) is 20.0. The Kier molecular flexibility index (Phi) is 19.5. The molecule has 3 nitrogen and oxygen atoms in total. The van der Waals surface area contributed by atoms with Gasteiger partial charge in [-0.25, -0.2) is 0 Å². The van der Waals surface area contributed by atoms with Crippen LogP contribution in [0.3, 0.4) is 0 Å². The fourth-order valence-corrected chi connectivity index (χ4v) is 3.70. The molecule has 0 aliphatic heterocycles. The van der Waals surface area contributed by atoms with E-state index in [1.807, 2.05) is 0 Å². The molecular formula is C24H51N3. The van der Waals surface area contributed by atoms with Gasteiger partial charge in [0.05, 0.1) is 0 Å². The molecule has 0 aromatic carbocycles. The van der Waals surface area contributed by atoms with Gasteiger partial charge in [-0.1, -0.05) is 110 Å². The minimum atomic E-state index is 0.963. The van der Waals surface area contributed by atoms with Crippen LogP contribution in [0.2, 0.25) is 0 Å². The molecule has 0 amide bonds. The molecule has 0 aliphatic carbocycles. The molecule has 162 valence electrons. The first kappa shape index (κ1) is 26.3. The van der Waals surface area contributed by atoms with Crippen LogP contribution in [0.25, 0.3) is 0 Å². The van der Waals surface area contributed by atoms with Gasteiger partial charge in [-0.15, -0.1) is 0 Å². The van der Waals surface area contributed by atoms with Crippen LogP contribution < -0.4 is 0 Å². The van der Waals surface area contributed by atoms with E-state index < -0.39 is 0 Å². The van der Waals surface area contributed by atoms with Crippen molar-refractivity contribution in [3.05, 3.63) is 0 Å².